The smallest absolute Gasteiger partial charge is 0.225 e. The number of hydrogen-bond acceptors (Lipinski definition) is 3. The van der Waals surface area contributed by atoms with E-state index in [9.17, 15) is 35.2 Å². The second-order valence-corrected chi connectivity index (χ2v) is 7.86. The molecule has 0 saturated carbocycles. The number of sulfone groups is 1. The molecule has 2 rings (SSSR count). The minimum atomic E-state index is -3.34. The Labute approximate surface area is 128 Å². The molecule has 1 aliphatic heterocycles. The molecule has 1 amide bonds. The summed E-state index contributed by atoms with van der Waals surface area (Å²) in [4.78, 5) is 11.8. The third-order valence-corrected chi connectivity index (χ3v) is 5.49. The van der Waals surface area contributed by atoms with Gasteiger partial charge in [-0.1, -0.05) is 0 Å². The molecule has 0 radical (unpaired) electrons. The topological polar surface area (TPSA) is 63.2 Å². The van der Waals surface area contributed by atoms with Crippen molar-refractivity contribution in [3.05, 3.63) is 34.6 Å². The van der Waals surface area contributed by atoms with Gasteiger partial charge in [0.2, 0.25) is 11.7 Å². The van der Waals surface area contributed by atoms with E-state index in [2.05, 4.69) is 5.32 Å². The lowest BCUT2D eigenvalue weighted by Crippen LogP contribution is -2.47. The number of carbonyl (C=O) groups is 1. The van der Waals surface area contributed by atoms with Crippen molar-refractivity contribution < 1.29 is 35.2 Å². The summed E-state index contributed by atoms with van der Waals surface area (Å²) >= 11 is 0. The van der Waals surface area contributed by atoms with Crippen molar-refractivity contribution in [2.24, 2.45) is 0 Å². The Hall–Kier alpha value is -1.71. The van der Waals surface area contributed by atoms with Crippen LogP contribution in [0.25, 0.3) is 0 Å². The molecular weight excluding hydrogens is 345 g/mol. The molecule has 0 spiro atoms. The molecule has 0 unspecified atom stereocenters. The van der Waals surface area contributed by atoms with E-state index in [1.54, 1.807) is 0 Å². The summed E-state index contributed by atoms with van der Waals surface area (Å²) in [6, 6.07) is 0. The van der Waals surface area contributed by atoms with Gasteiger partial charge in [0, 0.05) is 5.56 Å². The van der Waals surface area contributed by atoms with Gasteiger partial charge in [0.1, 0.15) is 0 Å². The maximum atomic E-state index is 13.5. The Kier molecular flexibility index (Phi) is 4.40. The van der Waals surface area contributed by atoms with Gasteiger partial charge in [-0.2, -0.15) is 0 Å². The number of amides is 1. The van der Waals surface area contributed by atoms with E-state index in [0.29, 0.717) is 0 Å². The highest BCUT2D eigenvalue weighted by Gasteiger charge is 2.39. The largest absolute Gasteiger partial charge is 0.350 e. The van der Waals surface area contributed by atoms with Crippen molar-refractivity contribution >= 4 is 15.7 Å². The van der Waals surface area contributed by atoms with Crippen molar-refractivity contribution in [3.8, 4) is 0 Å². The Morgan fingerprint density at radius 1 is 1.04 bits per heavy atom. The molecule has 128 valence electrons. The van der Waals surface area contributed by atoms with Gasteiger partial charge < -0.3 is 5.32 Å². The zero-order valence-corrected chi connectivity index (χ0v) is 12.7. The van der Waals surface area contributed by atoms with E-state index < -0.39 is 62.4 Å². The number of benzene rings is 1. The van der Waals surface area contributed by atoms with Gasteiger partial charge in [-0.15, -0.1) is 0 Å². The summed E-state index contributed by atoms with van der Waals surface area (Å²) < 4.78 is 88.9. The molecule has 1 N–H and O–H groups in total. The van der Waals surface area contributed by atoms with Gasteiger partial charge in [0.15, 0.2) is 33.1 Å². The summed E-state index contributed by atoms with van der Waals surface area (Å²) in [6.45, 7) is 1.42. The van der Waals surface area contributed by atoms with Crippen LogP contribution in [0.4, 0.5) is 22.0 Å². The fourth-order valence-electron chi connectivity index (χ4n) is 2.46. The molecule has 1 fully saturated rings. The second kappa shape index (κ2) is 5.73. The third-order valence-electron chi connectivity index (χ3n) is 3.58. The van der Waals surface area contributed by atoms with Crippen LogP contribution in [0.3, 0.4) is 0 Å². The maximum absolute atomic E-state index is 13.5. The molecule has 1 aromatic carbocycles. The summed E-state index contributed by atoms with van der Waals surface area (Å²) in [5.74, 6) is -12.3. The Bertz CT molecular complexity index is 751. The fourth-order valence-corrected chi connectivity index (χ4v) is 4.55. The number of hydrogen-bond donors (Lipinski definition) is 1. The zero-order chi connectivity index (χ0) is 17.6. The summed E-state index contributed by atoms with van der Waals surface area (Å²) in [5.41, 5.74) is -2.40. The monoisotopic (exact) mass is 357 g/mol. The van der Waals surface area contributed by atoms with Crippen LogP contribution in [0.15, 0.2) is 0 Å². The second-order valence-electron chi connectivity index (χ2n) is 5.68. The first-order valence-electron chi connectivity index (χ1n) is 6.47. The van der Waals surface area contributed by atoms with Crippen LogP contribution in [0.5, 0.6) is 0 Å². The van der Waals surface area contributed by atoms with Crippen LogP contribution in [-0.4, -0.2) is 31.4 Å². The predicted octanol–water partition coefficient (Wildman–Crippen LogP) is 1.62. The molecule has 0 aliphatic carbocycles. The van der Waals surface area contributed by atoms with E-state index in [-0.39, 0.29) is 17.9 Å². The SMILES string of the molecule is C[C@@]1(NC(=O)Cc2c(F)c(F)c(F)c(F)c2F)CCS(=O)(=O)C1. The van der Waals surface area contributed by atoms with Crippen LogP contribution in [0.2, 0.25) is 0 Å². The standard InChI is InChI=1S/C13H12F5NO3S/c1-13(2-3-23(21,22)5-13)19-7(20)4-6-8(14)10(16)12(18)11(17)9(6)15/h2-5H2,1H3,(H,19,20)/t13-/m1/s1. The average Bonchev–Trinajstić information content (AvgIpc) is 2.72. The molecule has 1 atom stereocenters. The molecule has 23 heavy (non-hydrogen) atoms. The van der Waals surface area contributed by atoms with E-state index in [1.807, 2.05) is 0 Å². The van der Waals surface area contributed by atoms with Crippen molar-refractivity contribution in [2.75, 3.05) is 11.5 Å². The summed E-state index contributed by atoms with van der Waals surface area (Å²) in [7, 11) is -3.34. The highest BCUT2D eigenvalue weighted by Crippen LogP contribution is 2.25. The van der Waals surface area contributed by atoms with Gasteiger partial charge in [-0.3, -0.25) is 4.79 Å². The first-order valence-corrected chi connectivity index (χ1v) is 8.30. The molecule has 1 heterocycles. The van der Waals surface area contributed by atoms with E-state index >= 15 is 0 Å². The molecule has 1 saturated heterocycles. The first kappa shape index (κ1) is 17.6. The highest BCUT2D eigenvalue weighted by atomic mass is 32.2. The van der Waals surface area contributed by atoms with E-state index in [0.717, 1.165) is 0 Å². The lowest BCUT2D eigenvalue weighted by atomic mass is 10.0. The van der Waals surface area contributed by atoms with Gasteiger partial charge in [-0.05, 0) is 13.3 Å². The highest BCUT2D eigenvalue weighted by molar-refractivity contribution is 7.91. The Balaban J connectivity index is 2.22. The fraction of sp³-hybridized carbons (Fsp3) is 0.462. The number of halogens is 5. The molecular formula is C13H12F5NO3S. The van der Waals surface area contributed by atoms with Crippen LogP contribution in [0.1, 0.15) is 18.9 Å². The summed E-state index contributed by atoms with van der Waals surface area (Å²) in [5, 5.41) is 2.28. The van der Waals surface area contributed by atoms with Gasteiger partial charge in [0.05, 0.1) is 23.5 Å². The van der Waals surface area contributed by atoms with Gasteiger partial charge in [-0.25, -0.2) is 30.4 Å². The minimum Gasteiger partial charge on any atom is -0.350 e. The lowest BCUT2D eigenvalue weighted by Gasteiger charge is -2.24. The molecule has 1 aliphatic rings. The molecule has 1 aromatic rings. The minimum absolute atomic E-state index is 0.0954. The number of carbonyl (C=O) groups excluding carboxylic acids is 1. The van der Waals surface area contributed by atoms with Gasteiger partial charge in [0.25, 0.3) is 0 Å². The molecule has 10 heteroatoms. The lowest BCUT2D eigenvalue weighted by molar-refractivity contribution is -0.122. The third kappa shape index (κ3) is 3.46. The van der Waals surface area contributed by atoms with Crippen LogP contribution in [0, 0.1) is 29.1 Å². The maximum Gasteiger partial charge on any atom is 0.225 e. The Morgan fingerprint density at radius 2 is 1.52 bits per heavy atom. The van der Waals surface area contributed by atoms with Crippen molar-refractivity contribution in [1.29, 1.82) is 0 Å². The summed E-state index contributed by atoms with van der Waals surface area (Å²) in [6.07, 6.45) is -1.00. The van der Waals surface area contributed by atoms with Crippen LogP contribution >= 0.6 is 0 Å². The quantitative estimate of drug-likeness (QED) is 0.508. The molecule has 0 aromatic heterocycles. The normalized spacial score (nSPS) is 23.0. The van der Waals surface area contributed by atoms with Crippen molar-refractivity contribution in [2.45, 2.75) is 25.3 Å². The van der Waals surface area contributed by atoms with Crippen molar-refractivity contribution in [3.63, 3.8) is 0 Å². The first-order chi connectivity index (χ1) is 10.5. The predicted molar refractivity (Wildman–Crippen MR) is 69.8 cm³/mol. The van der Waals surface area contributed by atoms with Gasteiger partial charge >= 0.3 is 0 Å². The number of nitrogens with one attached hydrogen (secondary N) is 1. The van der Waals surface area contributed by atoms with E-state index in [4.69, 9.17) is 0 Å². The van der Waals surface area contributed by atoms with Crippen molar-refractivity contribution in [1.82, 2.24) is 5.32 Å². The molecule has 4 nitrogen and oxygen atoms in total. The van der Waals surface area contributed by atoms with Crippen LogP contribution in [-0.2, 0) is 21.1 Å². The van der Waals surface area contributed by atoms with E-state index in [1.165, 1.54) is 6.92 Å². The average molecular weight is 357 g/mol. The Morgan fingerprint density at radius 3 is 1.96 bits per heavy atom. The molecule has 0 bridgehead atoms. The van der Waals surface area contributed by atoms with Crippen LogP contribution < -0.4 is 5.32 Å². The zero-order valence-electron chi connectivity index (χ0n) is 11.9. The number of rotatable bonds is 3.